The van der Waals surface area contributed by atoms with Gasteiger partial charge in [0.25, 0.3) is 0 Å². The first-order valence-electron chi connectivity index (χ1n) is 6.13. The van der Waals surface area contributed by atoms with Crippen LogP contribution in [0.15, 0.2) is 22.0 Å². The van der Waals surface area contributed by atoms with Crippen LogP contribution >= 0.6 is 27.3 Å². The number of methoxy groups -OCH3 is 2. The Labute approximate surface area is 131 Å². The van der Waals surface area contributed by atoms with E-state index in [4.69, 9.17) is 15.2 Å². The van der Waals surface area contributed by atoms with Gasteiger partial charge in [0.2, 0.25) is 0 Å². The quantitative estimate of drug-likeness (QED) is 0.890. The molecule has 1 atom stereocenters. The first kappa shape index (κ1) is 15.3. The minimum atomic E-state index is -0.173. The summed E-state index contributed by atoms with van der Waals surface area (Å²) in [7, 11) is 3.25. The first-order valence-corrected chi connectivity index (χ1v) is 7.81. The second-order valence-corrected chi connectivity index (χ2v) is 6.23. The molecule has 0 amide bonds. The van der Waals surface area contributed by atoms with E-state index in [0.717, 1.165) is 26.5 Å². The Morgan fingerprint density at radius 2 is 2.10 bits per heavy atom. The topological polar surface area (TPSA) is 57.4 Å². The molecule has 0 bridgehead atoms. The molecule has 1 unspecified atom stereocenters. The van der Waals surface area contributed by atoms with Crippen LogP contribution in [0.2, 0.25) is 0 Å². The maximum atomic E-state index is 6.30. The van der Waals surface area contributed by atoms with E-state index < -0.39 is 0 Å². The number of hydrogen-bond donors (Lipinski definition) is 1. The van der Waals surface area contributed by atoms with E-state index >= 15 is 0 Å². The van der Waals surface area contributed by atoms with Gasteiger partial charge in [0.05, 0.1) is 24.9 Å². The van der Waals surface area contributed by atoms with Gasteiger partial charge in [-0.25, -0.2) is 4.98 Å². The Kier molecular flexibility index (Phi) is 5.01. The van der Waals surface area contributed by atoms with E-state index in [0.29, 0.717) is 12.2 Å². The zero-order valence-electron chi connectivity index (χ0n) is 11.6. The highest BCUT2D eigenvalue weighted by Gasteiger charge is 2.18. The van der Waals surface area contributed by atoms with Gasteiger partial charge < -0.3 is 15.2 Å². The van der Waals surface area contributed by atoms with Crippen LogP contribution in [0.3, 0.4) is 0 Å². The molecular weight excluding hydrogens is 340 g/mol. The van der Waals surface area contributed by atoms with Crippen LogP contribution in [0.4, 0.5) is 0 Å². The summed E-state index contributed by atoms with van der Waals surface area (Å²) in [6, 6.07) is 3.65. The Morgan fingerprint density at radius 3 is 2.65 bits per heavy atom. The van der Waals surface area contributed by atoms with E-state index in [-0.39, 0.29) is 6.04 Å². The number of benzene rings is 1. The van der Waals surface area contributed by atoms with E-state index in [1.807, 2.05) is 24.4 Å². The molecule has 0 radical (unpaired) electrons. The van der Waals surface area contributed by atoms with Crippen molar-refractivity contribution in [2.45, 2.75) is 19.4 Å². The van der Waals surface area contributed by atoms with Crippen molar-refractivity contribution < 1.29 is 9.47 Å². The molecule has 108 valence electrons. The molecule has 1 aromatic heterocycles. The van der Waals surface area contributed by atoms with Gasteiger partial charge in [0, 0.05) is 23.4 Å². The third kappa shape index (κ3) is 3.13. The maximum absolute atomic E-state index is 6.30. The highest BCUT2D eigenvalue weighted by molar-refractivity contribution is 9.10. The Morgan fingerprint density at radius 1 is 1.35 bits per heavy atom. The predicted molar refractivity (Wildman–Crippen MR) is 84.7 cm³/mol. The standard InChI is InChI=1S/C14H17BrN2O2S/c1-8-17-9(7-20-8)6-11(16)10-4-5-12(18-2)13(15)14(10)19-3/h4-5,7,11H,6,16H2,1-3H3. The van der Waals surface area contributed by atoms with Gasteiger partial charge in [-0.2, -0.15) is 0 Å². The van der Waals surface area contributed by atoms with E-state index in [9.17, 15) is 0 Å². The SMILES string of the molecule is COc1ccc(C(N)Cc2csc(C)n2)c(OC)c1Br. The molecule has 20 heavy (non-hydrogen) atoms. The summed E-state index contributed by atoms with van der Waals surface area (Å²) in [5.41, 5.74) is 8.24. The number of thiazole rings is 1. The lowest BCUT2D eigenvalue weighted by Gasteiger charge is -2.17. The van der Waals surface area contributed by atoms with Crippen LogP contribution in [0.5, 0.6) is 11.5 Å². The summed E-state index contributed by atoms with van der Waals surface area (Å²) in [5.74, 6) is 1.44. The van der Waals surface area contributed by atoms with Crippen LogP contribution in [0, 0.1) is 6.92 Å². The molecule has 0 aliphatic carbocycles. The van der Waals surface area contributed by atoms with Gasteiger partial charge >= 0.3 is 0 Å². The highest BCUT2D eigenvalue weighted by atomic mass is 79.9. The van der Waals surface area contributed by atoms with Crippen molar-refractivity contribution in [3.8, 4) is 11.5 Å². The molecule has 2 rings (SSSR count). The van der Waals surface area contributed by atoms with Crippen molar-refractivity contribution in [2.75, 3.05) is 14.2 Å². The number of ether oxygens (including phenoxy) is 2. The van der Waals surface area contributed by atoms with Gasteiger partial charge in [-0.1, -0.05) is 0 Å². The molecule has 0 fully saturated rings. The average Bonchev–Trinajstić information content (AvgIpc) is 2.83. The van der Waals surface area contributed by atoms with Crippen LogP contribution in [-0.4, -0.2) is 19.2 Å². The number of hydrogen-bond acceptors (Lipinski definition) is 5. The molecule has 6 heteroatoms. The summed E-state index contributed by atoms with van der Waals surface area (Å²) >= 11 is 5.12. The lowest BCUT2D eigenvalue weighted by atomic mass is 10.0. The van der Waals surface area contributed by atoms with E-state index in [1.165, 1.54) is 0 Å². The second-order valence-electron chi connectivity index (χ2n) is 4.37. The van der Waals surface area contributed by atoms with Crippen LogP contribution in [0.25, 0.3) is 0 Å². The summed E-state index contributed by atoms with van der Waals surface area (Å²) in [6.45, 7) is 1.99. The van der Waals surface area contributed by atoms with Crippen molar-refractivity contribution in [1.29, 1.82) is 0 Å². The van der Waals surface area contributed by atoms with Crippen LogP contribution in [0.1, 0.15) is 22.3 Å². The van der Waals surface area contributed by atoms with Gasteiger partial charge in [0.1, 0.15) is 16.0 Å². The number of rotatable bonds is 5. The smallest absolute Gasteiger partial charge is 0.141 e. The first-order chi connectivity index (χ1) is 9.56. The fourth-order valence-electron chi connectivity index (χ4n) is 2.05. The van der Waals surface area contributed by atoms with Gasteiger partial charge in [-0.15, -0.1) is 11.3 Å². The lowest BCUT2D eigenvalue weighted by Crippen LogP contribution is -2.15. The minimum absolute atomic E-state index is 0.173. The van der Waals surface area contributed by atoms with Crippen molar-refractivity contribution in [1.82, 2.24) is 4.98 Å². The molecule has 4 nitrogen and oxygen atoms in total. The zero-order chi connectivity index (χ0) is 14.7. The minimum Gasteiger partial charge on any atom is -0.495 e. The zero-order valence-corrected chi connectivity index (χ0v) is 14.0. The number of nitrogens with two attached hydrogens (primary N) is 1. The molecule has 0 spiro atoms. The largest absolute Gasteiger partial charge is 0.495 e. The third-order valence-corrected chi connectivity index (χ3v) is 4.58. The monoisotopic (exact) mass is 356 g/mol. The molecule has 2 N–H and O–H groups in total. The van der Waals surface area contributed by atoms with E-state index in [1.54, 1.807) is 25.6 Å². The van der Waals surface area contributed by atoms with Crippen molar-refractivity contribution in [2.24, 2.45) is 5.73 Å². The van der Waals surface area contributed by atoms with E-state index in [2.05, 4.69) is 20.9 Å². The predicted octanol–water partition coefficient (Wildman–Crippen LogP) is 3.47. The van der Waals surface area contributed by atoms with Crippen molar-refractivity contribution >= 4 is 27.3 Å². The van der Waals surface area contributed by atoms with Gasteiger partial charge in [0.15, 0.2) is 0 Å². The molecule has 2 aromatic rings. The molecule has 1 heterocycles. The van der Waals surface area contributed by atoms with Gasteiger partial charge in [-0.05, 0) is 35.0 Å². The van der Waals surface area contributed by atoms with Crippen molar-refractivity contribution in [3.05, 3.63) is 38.3 Å². The maximum Gasteiger partial charge on any atom is 0.141 e. The fraction of sp³-hybridized carbons (Fsp3) is 0.357. The third-order valence-electron chi connectivity index (χ3n) is 3.01. The number of aromatic nitrogens is 1. The summed E-state index contributed by atoms with van der Waals surface area (Å²) < 4.78 is 11.5. The number of nitrogens with zero attached hydrogens (tertiary/aromatic N) is 1. The summed E-state index contributed by atoms with van der Waals surface area (Å²) in [6.07, 6.45) is 0.680. The van der Waals surface area contributed by atoms with Crippen LogP contribution < -0.4 is 15.2 Å². The van der Waals surface area contributed by atoms with Crippen LogP contribution in [-0.2, 0) is 6.42 Å². The highest BCUT2D eigenvalue weighted by Crippen LogP contribution is 2.39. The van der Waals surface area contributed by atoms with Crippen molar-refractivity contribution in [3.63, 3.8) is 0 Å². The molecular formula is C14H17BrN2O2S. The number of aryl methyl sites for hydroxylation is 1. The Hall–Kier alpha value is -1.11. The molecule has 1 aromatic carbocycles. The Bertz CT molecular complexity index is 601. The molecule has 0 aliphatic heterocycles. The number of halogens is 1. The van der Waals surface area contributed by atoms with Gasteiger partial charge in [-0.3, -0.25) is 0 Å². The molecule has 0 saturated carbocycles. The second kappa shape index (κ2) is 6.56. The Balaban J connectivity index is 2.29. The average molecular weight is 357 g/mol. The summed E-state index contributed by atoms with van der Waals surface area (Å²) in [4.78, 5) is 4.45. The summed E-state index contributed by atoms with van der Waals surface area (Å²) in [5, 5.41) is 3.09. The molecule has 0 aliphatic rings. The normalized spacial score (nSPS) is 12.2. The fourth-order valence-corrected chi connectivity index (χ4v) is 3.36. The lowest BCUT2D eigenvalue weighted by molar-refractivity contribution is 0.383. The molecule has 0 saturated heterocycles.